The molecule has 0 aliphatic carbocycles. The van der Waals surface area contributed by atoms with Crippen LogP contribution in [0, 0.1) is 17.2 Å². The smallest absolute Gasteiger partial charge is 0.268 e. The number of hydrazine groups is 1. The van der Waals surface area contributed by atoms with Gasteiger partial charge in [-0.3, -0.25) is 9.80 Å². The number of benzene rings is 2. The van der Waals surface area contributed by atoms with E-state index < -0.39 is 0 Å². The van der Waals surface area contributed by atoms with Crippen molar-refractivity contribution in [1.29, 1.82) is 5.26 Å². The van der Waals surface area contributed by atoms with Crippen LogP contribution in [0.25, 0.3) is 0 Å². The number of nitriles is 1. The fourth-order valence-electron chi connectivity index (χ4n) is 4.05. The summed E-state index contributed by atoms with van der Waals surface area (Å²) in [5.41, 5.74) is 3.14. The molecule has 0 saturated carbocycles. The number of fused-ring (bicyclic) bond motifs is 3. The molecule has 1 saturated heterocycles. The minimum absolute atomic E-state index is 0.0229. The first kappa shape index (κ1) is 14.9. The molecule has 3 unspecified atom stereocenters. The van der Waals surface area contributed by atoms with E-state index >= 15 is 0 Å². The second-order valence-corrected chi connectivity index (χ2v) is 6.47. The van der Waals surface area contributed by atoms with Gasteiger partial charge in [0.1, 0.15) is 0 Å². The van der Waals surface area contributed by atoms with Crippen LogP contribution in [0.4, 0.5) is 0 Å². The van der Waals surface area contributed by atoms with E-state index in [2.05, 4.69) is 23.2 Å². The molecular formula is C20H19N3O. The Morgan fingerprint density at radius 1 is 1.12 bits per heavy atom. The van der Waals surface area contributed by atoms with Crippen LogP contribution in [0.15, 0.2) is 54.6 Å². The fourth-order valence-corrected chi connectivity index (χ4v) is 4.05. The van der Waals surface area contributed by atoms with Gasteiger partial charge in [0.15, 0.2) is 0 Å². The van der Waals surface area contributed by atoms with Crippen LogP contribution in [0.2, 0.25) is 0 Å². The standard InChI is InChI=1S/C20H19N3O/c1-14-18(13-21)19-17-10-6-5-7-15(17)11-12-22(19)23(14)20(24)16-8-3-2-4-9-16/h2-10,14,18-19H,11-12H2,1H3. The average molecular weight is 317 g/mol. The monoisotopic (exact) mass is 317 g/mol. The van der Waals surface area contributed by atoms with Crippen molar-refractivity contribution >= 4 is 5.91 Å². The van der Waals surface area contributed by atoms with Gasteiger partial charge in [0.2, 0.25) is 0 Å². The van der Waals surface area contributed by atoms with Crippen LogP contribution in [0.3, 0.4) is 0 Å². The van der Waals surface area contributed by atoms with Gasteiger partial charge in [0.05, 0.1) is 24.1 Å². The number of hydrogen-bond donors (Lipinski definition) is 0. The number of amides is 1. The molecule has 3 atom stereocenters. The Kier molecular flexibility index (Phi) is 3.59. The lowest BCUT2D eigenvalue weighted by Crippen LogP contribution is -2.47. The van der Waals surface area contributed by atoms with Crippen LogP contribution in [-0.4, -0.2) is 28.5 Å². The fraction of sp³-hybridized carbons (Fsp3) is 0.300. The zero-order valence-corrected chi connectivity index (χ0v) is 13.6. The predicted octanol–water partition coefficient (Wildman–Crippen LogP) is 3.19. The summed E-state index contributed by atoms with van der Waals surface area (Å²) in [7, 11) is 0. The third kappa shape index (κ3) is 2.13. The third-order valence-electron chi connectivity index (χ3n) is 5.21. The minimum Gasteiger partial charge on any atom is -0.268 e. The van der Waals surface area contributed by atoms with E-state index in [4.69, 9.17) is 0 Å². The van der Waals surface area contributed by atoms with Crippen molar-refractivity contribution in [3.63, 3.8) is 0 Å². The van der Waals surface area contributed by atoms with Crippen molar-refractivity contribution < 1.29 is 4.79 Å². The van der Waals surface area contributed by atoms with Crippen LogP contribution in [0.5, 0.6) is 0 Å². The molecule has 0 aromatic heterocycles. The Bertz CT molecular complexity index is 811. The van der Waals surface area contributed by atoms with Crippen molar-refractivity contribution in [2.24, 2.45) is 5.92 Å². The second kappa shape index (κ2) is 5.77. The van der Waals surface area contributed by atoms with Crippen molar-refractivity contribution in [2.45, 2.75) is 25.4 Å². The third-order valence-corrected chi connectivity index (χ3v) is 5.21. The summed E-state index contributed by atoms with van der Waals surface area (Å²) in [6.07, 6.45) is 0.899. The van der Waals surface area contributed by atoms with E-state index in [9.17, 15) is 10.1 Å². The van der Waals surface area contributed by atoms with Crippen LogP contribution < -0.4 is 0 Å². The quantitative estimate of drug-likeness (QED) is 0.811. The summed E-state index contributed by atoms with van der Waals surface area (Å²) in [4.78, 5) is 13.1. The highest BCUT2D eigenvalue weighted by atomic mass is 16.2. The molecule has 0 bridgehead atoms. The molecule has 4 heteroatoms. The Morgan fingerprint density at radius 2 is 1.83 bits per heavy atom. The lowest BCUT2D eigenvalue weighted by atomic mass is 9.85. The van der Waals surface area contributed by atoms with Gasteiger partial charge >= 0.3 is 0 Å². The molecule has 4 rings (SSSR count). The number of carbonyl (C=O) groups excluding carboxylic acids is 1. The molecule has 24 heavy (non-hydrogen) atoms. The largest absolute Gasteiger partial charge is 0.268 e. The average Bonchev–Trinajstić information content (AvgIpc) is 2.93. The van der Waals surface area contributed by atoms with Crippen molar-refractivity contribution in [3.8, 4) is 6.07 Å². The highest BCUT2D eigenvalue weighted by Gasteiger charge is 2.50. The van der Waals surface area contributed by atoms with E-state index in [0.29, 0.717) is 5.56 Å². The van der Waals surface area contributed by atoms with Crippen molar-refractivity contribution in [2.75, 3.05) is 6.54 Å². The lowest BCUT2D eigenvalue weighted by molar-refractivity contribution is -0.0126. The Hall–Kier alpha value is -2.64. The van der Waals surface area contributed by atoms with Gasteiger partial charge < -0.3 is 0 Å². The first-order valence-corrected chi connectivity index (χ1v) is 8.35. The van der Waals surface area contributed by atoms with Gasteiger partial charge in [-0.05, 0) is 36.6 Å². The Morgan fingerprint density at radius 3 is 2.58 bits per heavy atom. The van der Waals surface area contributed by atoms with E-state index in [0.717, 1.165) is 13.0 Å². The molecule has 0 N–H and O–H groups in total. The summed E-state index contributed by atoms with van der Waals surface area (Å²) in [6.45, 7) is 2.75. The molecule has 2 aromatic rings. The molecule has 2 aliphatic heterocycles. The van der Waals surface area contributed by atoms with Gasteiger partial charge in [-0.2, -0.15) is 5.26 Å². The van der Waals surface area contributed by atoms with Crippen LogP contribution in [-0.2, 0) is 6.42 Å². The number of rotatable bonds is 1. The molecule has 2 aliphatic rings. The number of nitrogens with zero attached hydrogens (tertiary/aromatic N) is 3. The maximum atomic E-state index is 13.1. The molecule has 1 fully saturated rings. The zero-order valence-electron chi connectivity index (χ0n) is 13.6. The summed E-state index contributed by atoms with van der Waals surface area (Å²) in [5, 5.41) is 13.7. The minimum atomic E-state index is -0.223. The maximum absolute atomic E-state index is 13.1. The Balaban J connectivity index is 1.76. The topological polar surface area (TPSA) is 47.3 Å². The Labute approximate surface area is 141 Å². The molecule has 4 nitrogen and oxygen atoms in total. The van der Waals surface area contributed by atoms with Crippen LogP contribution >= 0.6 is 0 Å². The molecule has 1 amide bonds. The van der Waals surface area contributed by atoms with E-state index in [-0.39, 0.29) is 23.9 Å². The molecule has 2 aromatic carbocycles. The summed E-state index contributed by atoms with van der Waals surface area (Å²) in [6, 6.07) is 19.9. The molecule has 120 valence electrons. The first-order chi connectivity index (χ1) is 11.7. The molecular weight excluding hydrogens is 298 g/mol. The van der Waals surface area contributed by atoms with E-state index in [1.807, 2.05) is 54.4 Å². The van der Waals surface area contributed by atoms with Gasteiger partial charge in [-0.15, -0.1) is 0 Å². The second-order valence-electron chi connectivity index (χ2n) is 6.47. The van der Waals surface area contributed by atoms with Gasteiger partial charge in [0.25, 0.3) is 5.91 Å². The van der Waals surface area contributed by atoms with Gasteiger partial charge in [0, 0.05) is 12.1 Å². The molecule has 0 spiro atoms. The SMILES string of the molecule is CC1C(C#N)C2c3ccccc3CCN2N1C(=O)c1ccccc1. The summed E-state index contributed by atoms with van der Waals surface area (Å²) < 4.78 is 0. The lowest BCUT2D eigenvalue weighted by Gasteiger charge is -2.37. The predicted molar refractivity (Wildman–Crippen MR) is 90.8 cm³/mol. The molecule has 0 radical (unpaired) electrons. The maximum Gasteiger partial charge on any atom is 0.268 e. The highest BCUT2D eigenvalue weighted by molar-refractivity contribution is 5.94. The normalized spacial score (nSPS) is 25.7. The van der Waals surface area contributed by atoms with E-state index in [1.165, 1.54) is 11.1 Å². The summed E-state index contributed by atoms with van der Waals surface area (Å²) >= 11 is 0. The van der Waals surface area contributed by atoms with Gasteiger partial charge in [-0.1, -0.05) is 42.5 Å². The highest BCUT2D eigenvalue weighted by Crippen LogP contribution is 2.45. The number of hydrogen-bond acceptors (Lipinski definition) is 3. The van der Waals surface area contributed by atoms with Crippen molar-refractivity contribution in [3.05, 3.63) is 71.3 Å². The van der Waals surface area contributed by atoms with Crippen molar-refractivity contribution in [1.82, 2.24) is 10.0 Å². The first-order valence-electron chi connectivity index (χ1n) is 8.35. The zero-order chi connectivity index (χ0) is 16.7. The van der Waals surface area contributed by atoms with Gasteiger partial charge in [-0.25, -0.2) is 5.01 Å². The van der Waals surface area contributed by atoms with E-state index in [1.54, 1.807) is 0 Å². The number of carbonyl (C=O) groups is 1. The summed E-state index contributed by atoms with van der Waals surface area (Å²) in [5.74, 6) is -0.246. The van der Waals surface area contributed by atoms with Crippen LogP contribution in [0.1, 0.15) is 34.5 Å². The molecule has 2 heterocycles.